The Labute approximate surface area is 189 Å². The number of hydrogen-bond acceptors (Lipinski definition) is 4. The Morgan fingerprint density at radius 1 is 1.19 bits per heavy atom. The standard InChI is InChI=1S/C23H24F2N4O2S/c1-15-2-4-16(5-3-15)22-26-27-23(32)29(22)13-10-21(30)28-11-8-18(9-12-28)31-20-7-6-17(24)14-19(20)25/h2-7,14,18H,8-13H2,1H3,(H,27,32). The van der Waals surface area contributed by atoms with Gasteiger partial charge in [0.2, 0.25) is 5.91 Å². The van der Waals surface area contributed by atoms with Crippen molar-refractivity contribution < 1.29 is 18.3 Å². The first kappa shape index (κ1) is 22.1. The first-order valence-electron chi connectivity index (χ1n) is 10.5. The molecule has 1 amide bonds. The number of carbonyl (C=O) groups is 1. The molecular weight excluding hydrogens is 434 g/mol. The Kier molecular flexibility index (Phi) is 6.64. The zero-order valence-corrected chi connectivity index (χ0v) is 18.5. The highest BCUT2D eigenvalue weighted by atomic mass is 32.1. The third-order valence-electron chi connectivity index (χ3n) is 5.60. The molecule has 9 heteroatoms. The van der Waals surface area contributed by atoms with Gasteiger partial charge in [-0.05, 0) is 31.3 Å². The molecule has 1 N–H and O–H groups in total. The fourth-order valence-corrected chi connectivity index (χ4v) is 4.01. The van der Waals surface area contributed by atoms with Crippen LogP contribution in [-0.4, -0.2) is 44.8 Å². The number of ether oxygens (including phenoxy) is 1. The normalized spacial score (nSPS) is 14.5. The lowest BCUT2D eigenvalue weighted by Gasteiger charge is -2.32. The van der Waals surface area contributed by atoms with Gasteiger partial charge in [0.05, 0.1) is 0 Å². The van der Waals surface area contributed by atoms with Crippen LogP contribution in [0.2, 0.25) is 0 Å². The van der Waals surface area contributed by atoms with Gasteiger partial charge in [-0.3, -0.25) is 14.5 Å². The molecule has 1 aliphatic heterocycles. The Morgan fingerprint density at radius 3 is 2.59 bits per heavy atom. The number of piperidine rings is 1. The van der Waals surface area contributed by atoms with Crippen LogP contribution in [0.4, 0.5) is 8.78 Å². The van der Waals surface area contributed by atoms with E-state index < -0.39 is 11.6 Å². The zero-order valence-electron chi connectivity index (χ0n) is 17.7. The molecule has 0 saturated carbocycles. The van der Waals surface area contributed by atoms with Gasteiger partial charge >= 0.3 is 0 Å². The van der Waals surface area contributed by atoms with E-state index >= 15 is 0 Å². The summed E-state index contributed by atoms with van der Waals surface area (Å²) in [6.45, 7) is 3.49. The third kappa shape index (κ3) is 5.04. The average molecular weight is 459 g/mol. The lowest BCUT2D eigenvalue weighted by molar-refractivity contribution is -0.133. The van der Waals surface area contributed by atoms with Crippen LogP contribution in [0.15, 0.2) is 42.5 Å². The molecule has 1 fully saturated rings. The number of benzene rings is 2. The maximum absolute atomic E-state index is 13.8. The molecule has 3 aromatic rings. The van der Waals surface area contributed by atoms with Crippen LogP contribution >= 0.6 is 12.2 Å². The summed E-state index contributed by atoms with van der Waals surface area (Å²) in [5.41, 5.74) is 2.08. The maximum Gasteiger partial charge on any atom is 0.224 e. The number of aromatic amines is 1. The van der Waals surface area contributed by atoms with Crippen LogP contribution in [0.3, 0.4) is 0 Å². The smallest absolute Gasteiger partial charge is 0.224 e. The van der Waals surface area contributed by atoms with Gasteiger partial charge in [0.25, 0.3) is 0 Å². The second-order valence-corrected chi connectivity index (χ2v) is 8.28. The molecule has 2 heterocycles. The number of rotatable bonds is 6. The highest BCUT2D eigenvalue weighted by Crippen LogP contribution is 2.23. The van der Waals surface area contributed by atoms with E-state index in [4.69, 9.17) is 17.0 Å². The number of carbonyl (C=O) groups excluding carboxylic acids is 1. The van der Waals surface area contributed by atoms with Crippen LogP contribution in [-0.2, 0) is 11.3 Å². The van der Waals surface area contributed by atoms with Crippen molar-refractivity contribution >= 4 is 18.1 Å². The predicted octanol–water partition coefficient (Wildman–Crippen LogP) is 4.65. The largest absolute Gasteiger partial charge is 0.487 e. The van der Waals surface area contributed by atoms with Crippen molar-refractivity contribution in [2.45, 2.75) is 38.8 Å². The second kappa shape index (κ2) is 9.60. The van der Waals surface area contributed by atoms with E-state index in [1.807, 2.05) is 35.8 Å². The molecular formula is C23H24F2N4O2S. The topological polar surface area (TPSA) is 63.2 Å². The fraction of sp³-hybridized carbons (Fsp3) is 0.348. The number of nitrogens with one attached hydrogen (secondary N) is 1. The van der Waals surface area contributed by atoms with Gasteiger partial charge in [-0.2, -0.15) is 5.10 Å². The summed E-state index contributed by atoms with van der Waals surface area (Å²) < 4.78 is 34.8. The SMILES string of the molecule is Cc1ccc(-c2n[nH]c(=S)n2CCC(=O)N2CCC(Oc3ccc(F)cc3F)CC2)cc1. The quantitative estimate of drug-likeness (QED) is 0.546. The molecule has 4 rings (SSSR count). The van der Waals surface area contributed by atoms with E-state index in [9.17, 15) is 13.6 Å². The van der Waals surface area contributed by atoms with Gasteiger partial charge in [0, 0.05) is 50.5 Å². The van der Waals surface area contributed by atoms with Crippen LogP contribution in [0.5, 0.6) is 5.75 Å². The van der Waals surface area contributed by atoms with Gasteiger partial charge in [-0.15, -0.1) is 0 Å². The monoisotopic (exact) mass is 458 g/mol. The number of aryl methyl sites for hydroxylation is 1. The first-order valence-corrected chi connectivity index (χ1v) is 10.9. The lowest BCUT2D eigenvalue weighted by Crippen LogP contribution is -2.42. The number of aromatic nitrogens is 3. The summed E-state index contributed by atoms with van der Waals surface area (Å²) >= 11 is 5.35. The molecule has 0 atom stereocenters. The number of likely N-dealkylation sites (tertiary alicyclic amines) is 1. The molecule has 0 spiro atoms. The lowest BCUT2D eigenvalue weighted by atomic mass is 10.1. The van der Waals surface area contributed by atoms with Crippen molar-refractivity contribution in [1.29, 1.82) is 0 Å². The molecule has 1 aromatic heterocycles. The number of nitrogens with zero attached hydrogens (tertiary/aromatic N) is 3. The van der Waals surface area contributed by atoms with Crippen molar-refractivity contribution in [2.24, 2.45) is 0 Å². The molecule has 0 bridgehead atoms. The van der Waals surface area contributed by atoms with Gasteiger partial charge in [0.15, 0.2) is 22.2 Å². The summed E-state index contributed by atoms with van der Waals surface area (Å²) in [6, 6.07) is 11.2. The van der Waals surface area contributed by atoms with Crippen LogP contribution < -0.4 is 4.74 Å². The first-order chi connectivity index (χ1) is 15.4. The Hall–Kier alpha value is -3.07. The third-order valence-corrected chi connectivity index (χ3v) is 5.91. The van der Waals surface area contributed by atoms with E-state index in [0.717, 1.165) is 17.2 Å². The molecule has 0 unspecified atom stereocenters. The molecule has 2 aromatic carbocycles. The minimum Gasteiger partial charge on any atom is -0.487 e. The zero-order chi connectivity index (χ0) is 22.7. The van der Waals surface area contributed by atoms with E-state index in [0.29, 0.717) is 49.5 Å². The number of halogens is 2. The summed E-state index contributed by atoms with van der Waals surface area (Å²) in [5, 5.41) is 7.13. The average Bonchev–Trinajstić information content (AvgIpc) is 3.15. The molecule has 0 aliphatic carbocycles. The summed E-state index contributed by atoms with van der Waals surface area (Å²) in [6.07, 6.45) is 1.25. The highest BCUT2D eigenvalue weighted by molar-refractivity contribution is 7.71. The Balaban J connectivity index is 1.32. The van der Waals surface area contributed by atoms with Crippen LogP contribution in [0.1, 0.15) is 24.8 Å². The fourth-order valence-electron chi connectivity index (χ4n) is 3.79. The Morgan fingerprint density at radius 2 is 1.91 bits per heavy atom. The van der Waals surface area contributed by atoms with Gasteiger partial charge in [0.1, 0.15) is 11.9 Å². The van der Waals surface area contributed by atoms with Crippen molar-refractivity contribution in [2.75, 3.05) is 13.1 Å². The van der Waals surface area contributed by atoms with Crippen LogP contribution in [0.25, 0.3) is 11.4 Å². The summed E-state index contributed by atoms with van der Waals surface area (Å²) in [5.74, 6) is -0.594. The minimum absolute atomic E-state index is 0.0226. The number of amides is 1. The van der Waals surface area contributed by atoms with Crippen molar-refractivity contribution in [3.8, 4) is 17.1 Å². The molecule has 168 valence electrons. The van der Waals surface area contributed by atoms with E-state index in [2.05, 4.69) is 10.2 Å². The van der Waals surface area contributed by atoms with E-state index in [-0.39, 0.29) is 17.8 Å². The molecule has 6 nitrogen and oxygen atoms in total. The van der Waals surface area contributed by atoms with Gasteiger partial charge in [-0.1, -0.05) is 29.8 Å². The number of H-pyrrole nitrogens is 1. The Bertz CT molecular complexity index is 1150. The molecule has 1 saturated heterocycles. The van der Waals surface area contributed by atoms with Crippen molar-refractivity contribution in [3.63, 3.8) is 0 Å². The van der Waals surface area contributed by atoms with Gasteiger partial charge < -0.3 is 9.64 Å². The predicted molar refractivity (Wildman–Crippen MR) is 119 cm³/mol. The van der Waals surface area contributed by atoms with Gasteiger partial charge in [-0.25, -0.2) is 8.78 Å². The van der Waals surface area contributed by atoms with Crippen molar-refractivity contribution in [1.82, 2.24) is 19.7 Å². The number of hydrogen-bond donors (Lipinski definition) is 1. The minimum atomic E-state index is -0.718. The van der Waals surface area contributed by atoms with E-state index in [1.165, 1.54) is 12.1 Å². The summed E-state index contributed by atoms with van der Waals surface area (Å²) in [4.78, 5) is 14.5. The van der Waals surface area contributed by atoms with E-state index in [1.54, 1.807) is 4.90 Å². The molecule has 32 heavy (non-hydrogen) atoms. The summed E-state index contributed by atoms with van der Waals surface area (Å²) in [7, 11) is 0. The molecule has 0 radical (unpaired) electrons. The molecule has 1 aliphatic rings. The maximum atomic E-state index is 13.8. The second-order valence-electron chi connectivity index (χ2n) is 7.89. The van der Waals surface area contributed by atoms with Crippen molar-refractivity contribution in [3.05, 3.63) is 64.4 Å². The highest BCUT2D eigenvalue weighted by Gasteiger charge is 2.25. The van der Waals surface area contributed by atoms with Crippen LogP contribution in [0, 0.1) is 23.3 Å².